The van der Waals surface area contributed by atoms with E-state index in [-0.39, 0.29) is 0 Å². The Morgan fingerprint density at radius 1 is 1.18 bits per heavy atom. The van der Waals surface area contributed by atoms with E-state index in [1.165, 1.54) is 16.8 Å². The average Bonchev–Trinajstić information content (AvgIpc) is 2.34. The Morgan fingerprint density at radius 3 is 2.82 bits per heavy atom. The summed E-state index contributed by atoms with van der Waals surface area (Å²) in [6, 6.07) is 8.57. The van der Waals surface area contributed by atoms with Crippen molar-refractivity contribution < 1.29 is 0 Å². The van der Waals surface area contributed by atoms with E-state index in [4.69, 9.17) is 0 Å². The molecule has 0 radical (unpaired) electrons. The molecule has 0 saturated heterocycles. The van der Waals surface area contributed by atoms with Crippen LogP contribution in [0.2, 0.25) is 0 Å². The Balaban J connectivity index is 2.91. The number of hydrogen-bond donors (Lipinski definition) is 0. The zero-order chi connectivity index (χ0) is 7.84. The maximum Gasteiger partial charge on any atom is 0.0455 e. The molecule has 0 aliphatic heterocycles. The van der Waals surface area contributed by atoms with Crippen molar-refractivity contribution in [2.75, 3.05) is 0 Å². The van der Waals surface area contributed by atoms with Crippen molar-refractivity contribution in [3.63, 3.8) is 0 Å². The molecular formula is C10H11N. The number of fused-ring (bicyclic) bond motifs is 1. The Kier molecular flexibility index (Phi) is 1.25. The van der Waals surface area contributed by atoms with Crippen molar-refractivity contribution in [3.8, 4) is 0 Å². The maximum absolute atomic E-state index is 2.19. The Labute approximate surface area is 66.3 Å². The van der Waals surface area contributed by atoms with Crippen LogP contribution in [-0.4, -0.2) is 4.40 Å². The van der Waals surface area contributed by atoms with Crippen LogP contribution in [0.25, 0.3) is 5.52 Å². The van der Waals surface area contributed by atoms with Gasteiger partial charge >= 0.3 is 0 Å². The van der Waals surface area contributed by atoms with E-state index in [9.17, 15) is 0 Å². The quantitative estimate of drug-likeness (QED) is 0.536. The van der Waals surface area contributed by atoms with Crippen LogP contribution in [-0.2, 0) is 0 Å². The molecule has 0 fully saturated rings. The molecular weight excluding hydrogens is 134 g/mol. The highest BCUT2D eigenvalue weighted by atomic mass is 14.9. The topological polar surface area (TPSA) is 4.41 Å². The molecule has 1 nitrogen and oxygen atoms in total. The van der Waals surface area contributed by atoms with Gasteiger partial charge in [-0.3, -0.25) is 0 Å². The first kappa shape index (κ1) is 6.47. The first-order chi connectivity index (χ1) is 5.27. The molecule has 2 aromatic rings. The monoisotopic (exact) mass is 145 g/mol. The average molecular weight is 145 g/mol. The lowest BCUT2D eigenvalue weighted by atomic mass is 10.2. The molecule has 0 unspecified atom stereocenters. The predicted octanol–water partition coefficient (Wildman–Crippen LogP) is 2.56. The summed E-state index contributed by atoms with van der Waals surface area (Å²) in [5.41, 5.74) is 3.90. The molecule has 2 heterocycles. The minimum Gasteiger partial charge on any atom is -0.321 e. The largest absolute Gasteiger partial charge is 0.321 e. The molecule has 0 bridgehead atoms. The van der Waals surface area contributed by atoms with Crippen LogP contribution in [0, 0.1) is 13.8 Å². The second-order valence-electron chi connectivity index (χ2n) is 2.98. The summed E-state index contributed by atoms with van der Waals surface area (Å²) >= 11 is 0. The van der Waals surface area contributed by atoms with E-state index in [0.29, 0.717) is 0 Å². The van der Waals surface area contributed by atoms with Gasteiger partial charge in [0.2, 0.25) is 0 Å². The fourth-order valence-corrected chi connectivity index (χ4v) is 1.51. The Morgan fingerprint density at radius 2 is 2.00 bits per heavy atom. The van der Waals surface area contributed by atoms with E-state index in [1.54, 1.807) is 0 Å². The van der Waals surface area contributed by atoms with Gasteiger partial charge in [0.05, 0.1) is 0 Å². The fraction of sp³-hybridized carbons (Fsp3) is 0.200. The molecule has 0 saturated carbocycles. The highest BCUT2D eigenvalue weighted by Gasteiger charge is 1.94. The third-order valence-corrected chi connectivity index (χ3v) is 1.97. The number of pyridine rings is 1. The first-order valence-electron chi connectivity index (χ1n) is 3.82. The number of rotatable bonds is 0. The van der Waals surface area contributed by atoms with Gasteiger partial charge in [0.15, 0.2) is 0 Å². The highest BCUT2D eigenvalue weighted by molar-refractivity contribution is 5.50. The Hall–Kier alpha value is -1.24. The molecule has 1 heteroatoms. The lowest BCUT2D eigenvalue weighted by Gasteiger charge is -2.01. The summed E-state index contributed by atoms with van der Waals surface area (Å²) in [6.07, 6.45) is 2.09. The predicted molar refractivity (Wildman–Crippen MR) is 46.9 cm³/mol. The second kappa shape index (κ2) is 2.12. The van der Waals surface area contributed by atoms with Crippen LogP contribution in [0.15, 0.2) is 30.5 Å². The zero-order valence-electron chi connectivity index (χ0n) is 6.83. The minimum atomic E-state index is 1.28. The van der Waals surface area contributed by atoms with E-state index >= 15 is 0 Å². The van der Waals surface area contributed by atoms with Crippen molar-refractivity contribution in [2.24, 2.45) is 0 Å². The molecule has 0 amide bonds. The van der Waals surface area contributed by atoms with Gasteiger partial charge in [-0.25, -0.2) is 0 Å². The molecule has 0 atom stereocenters. The van der Waals surface area contributed by atoms with E-state index in [2.05, 4.69) is 48.7 Å². The molecule has 0 spiro atoms. The summed E-state index contributed by atoms with van der Waals surface area (Å²) < 4.78 is 2.19. The molecule has 0 N–H and O–H groups in total. The zero-order valence-corrected chi connectivity index (χ0v) is 6.83. The second-order valence-corrected chi connectivity index (χ2v) is 2.98. The third-order valence-electron chi connectivity index (χ3n) is 1.97. The Bertz CT molecular complexity index is 385. The van der Waals surface area contributed by atoms with Gasteiger partial charge in [0.1, 0.15) is 0 Å². The lowest BCUT2D eigenvalue weighted by molar-refractivity contribution is 1.09. The SMILES string of the molecule is Cc1cc(C)n2cccc2c1. The summed E-state index contributed by atoms with van der Waals surface area (Å²) in [6.45, 7) is 4.25. The standard InChI is InChI=1S/C10H11N/c1-8-6-9(2)11-5-3-4-10(11)7-8/h3-7H,1-2H3. The van der Waals surface area contributed by atoms with Gasteiger partial charge in [0, 0.05) is 17.4 Å². The van der Waals surface area contributed by atoms with Crippen molar-refractivity contribution >= 4 is 5.52 Å². The van der Waals surface area contributed by atoms with Gasteiger partial charge in [-0.05, 0) is 43.7 Å². The molecule has 2 rings (SSSR count). The number of hydrogen-bond acceptors (Lipinski definition) is 0. The number of aromatic nitrogens is 1. The number of nitrogens with zero attached hydrogens (tertiary/aromatic N) is 1. The first-order valence-corrected chi connectivity index (χ1v) is 3.82. The van der Waals surface area contributed by atoms with Crippen molar-refractivity contribution in [1.29, 1.82) is 0 Å². The van der Waals surface area contributed by atoms with Crippen LogP contribution in [0.3, 0.4) is 0 Å². The summed E-state index contributed by atoms with van der Waals surface area (Å²) in [7, 11) is 0. The summed E-state index contributed by atoms with van der Waals surface area (Å²) in [4.78, 5) is 0. The van der Waals surface area contributed by atoms with Crippen LogP contribution < -0.4 is 0 Å². The molecule has 11 heavy (non-hydrogen) atoms. The van der Waals surface area contributed by atoms with Gasteiger partial charge < -0.3 is 4.40 Å². The van der Waals surface area contributed by atoms with Gasteiger partial charge in [-0.1, -0.05) is 0 Å². The minimum absolute atomic E-state index is 1.28. The van der Waals surface area contributed by atoms with Crippen LogP contribution >= 0.6 is 0 Å². The molecule has 56 valence electrons. The highest BCUT2D eigenvalue weighted by Crippen LogP contribution is 2.10. The van der Waals surface area contributed by atoms with Crippen molar-refractivity contribution in [1.82, 2.24) is 4.40 Å². The smallest absolute Gasteiger partial charge is 0.0455 e. The van der Waals surface area contributed by atoms with E-state index < -0.39 is 0 Å². The third kappa shape index (κ3) is 0.929. The molecule has 2 aromatic heterocycles. The van der Waals surface area contributed by atoms with Crippen molar-refractivity contribution in [2.45, 2.75) is 13.8 Å². The van der Waals surface area contributed by atoms with Crippen LogP contribution in [0.1, 0.15) is 11.3 Å². The molecule has 0 aliphatic carbocycles. The fourth-order valence-electron chi connectivity index (χ4n) is 1.51. The summed E-state index contributed by atoms with van der Waals surface area (Å²) in [5, 5.41) is 0. The van der Waals surface area contributed by atoms with E-state index in [0.717, 1.165) is 0 Å². The molecule has 0 aromatic carbocycles. The van der Waals surface area contributed by atoms with Gasteiger partial charge in [0.25, 0.3) is 0 Å². The van der Waals surface area contributed by atoms with Crippen LogP contribution in [0.5, 0.6) is 0 Å². The normalized spacial score (nSPS) is 10.7. The summed E-state index contributed by atoms with van der Waals surface area (Å²) in [5.74, 6) is 0. The lowest BCUT2D eigenvalue weighted by Crippen LogP contribution is -1.88. The van der Waals surface area contributed by atoms with Gasteiger partial charge in [-0.15, -0.1) is 0 Å². The van der Waals surface area contributed by atoms with Crippen molar-refractivity contribution in [3.05, 3.63) is 41.7 Å². The number of aryl methyl sites for hydroxylation is 2. The van der Waals surface area contributed by atoms with E-state index in [1.807, 2.05) is 0 Å². The maximum atomic E-state index is 2.19. The van der Waals surface area contributed by atoms with Gasteiger partial charge in [-0.2, -0.15) is 0 Å². The molecule has 0 aliphatic rings. The van der Waals surface area contributed by atoms with Crippen LogP contribution in [0.4, 0.5) is 0 Å².